The van der Waals surface area contributed by atoms with Gasteiger partial charge < -0.3 is 14.9 Å². The molecule has 1 spiro atoms. The number of aromatic nitrogens is 1. The number of aliphatic hydroxyl groups excluding tert-OH is 2. The Kier molecular flexibility index (Phi) is 4.23. The molecule has 1 aromatic heterocycles. The van der Waals surface area contributed by atoms with Crippen molar-refractivity contribution >= 4 is 0 Å². The third-order valence-corrected chi connectivity index (χ3v) is 5.90. The van der Waals surface area contributed by atoms with Crippen molar-refractivity contribution < 1.29 is 14.9 Å². The van der Waals surface area contributed by atoms with Gasteiger partial charge in [0.15, 0.2) is 0 Å². The molecule has 2 N–H and O–H groups in total. The molecule has 1 saturated carbocycles. The van der Waals surface area contributed by atoms with Crippen LogP contribution in [0.15, 0.2) is 48.7 Å². The first-order valence-corrected chi connectivity index (χ1v) is 8.74. The van der Waals surface area contributed by atoms with E-state index in [9.17, 15) is 10.2 Å². The molecular weight excluding hydrogens is 316 g/mol. The predicted molar refractivity (Wildman–Crippen MR) is 94.3 cm³/mol. The fourth-order valence-corrected chi connectivity index (χ4v) is 4.75. The zero-order chi connectivity index (χ0) is 17.4. The second-order valence-corrected chi connectivity index (χ2v) is 7.15. The monoisotopic (exact) mass is 340 g/mol. The quantitative estimate of drug-likeness (QED) is 0.867. The summed E-state index contributed by atoms with van der Waals surface area (Å²) in [7, 11) is 1.63. The lowest BCUT2D eigenvalue weighted by Gasteiger charge is -2.17. The maximum atomic E-state index is 10.8. The number of nitrogens with zero attached hydrogens (tertiary/aromatic N) is 2. The van der Waals surface area contributed by atoms with Crippen molar-refractivity contribution in [2.75, 3.05) is 26.8 Å². The predicted octanol–water partition coefficient (Wildman–Crippen LogP) is 1.66. The fourth-order valence-electron chi connectivity index (χ4n) is 4.75. The van der Waals surface area contributed by atoms with Crippen molar-refractivity contribution in [3.63, 3.8) is 0 Å². The van der Waals surface area contributed by atoms with Crippen molar-refractivity contribution in [2.24, 2.45) is 11.3 Å². The van der Waals surface area contributed by atoms with Gasteiger partial charge in [0.1, 0.15) is 0 Å². The van der Waals surface area contributed by atoms with Crippen LogP contribution in [0, 0.1) is 11.3 Å². The van der Waals surface area contributed by atoms with Gasteiger partial charge in [0, 0.05) is 43.4 Å². The van der Waals surface area contributed by atoms with Gasteiger partial charge in [-0.15, -0.1) is 0 Å². The first-order chi connectivity index (χ1) is 12.2. The number of benzene rings is 1. The molecule has 2 heterocycles. The zero-order valence-corrected chi connectivity index (χ0v) is 14.4. The lowest BCUT2D eigenvalue weighted by Crippen LogP contribution is -2.23. The van der Waals surface area contributed by atoms with E-state index in [0.717, 1.165) is 12.1 Å². The highest BCUT2D eigenvalue weighted by Gasteiger charge is 2.70. The Balaban J connectivity index is 1.55. The molecule has 0 amide bonds. The molecule has 0 radical (unpaired) electrons. The molecule has 25 heavy (non-hydrogen) atoms. The van der Waals surface area contributed by atoms with Crippen LogP contribution < -0.4 is 4.74 Å². The van der Waals surface area contributed by atoms with Crippen molar-refractivity contribution in [3.05, 3.63) is 59.8 Å². The van der Waals surface area contributed by atoms with Crippen LogP contribution in [0.25, 0.3) is 0 Å². The average molecular weight is 340 g/mol. The van der Waals surface area contributed by atoms with E-state index in [4.69, 9.17) is 4.74 Å². The van der Waals surface area contributed by atoms with E-state index < -0.39 is 6.10 Å². The Morgan fingerprint density at radius 1 is 1.24 bits per heavy atom. The third kappa shape index (κ3) is 2.63. The zero-order valence-electron chi connectivity index (χ0n) is 14.4. The number of hydrogen-bond donors (Lipinski definition) is 2. The molecule has 1 aliphatic heterocycles. The van der Waals surface area contributed by atoms with Crippen LogP contribution in [0.2, 0.25) is 0 Å². The van der Waals surface area contributed by atoms with Crippen molar-refractivity contribution in [2.45, 2.75) is 18.6 Å². The summed E-state index contributed by atoms with van der Waals surface area (Å²) in [5.74, 6) is 0.965. The summed E-state index contributed by atoms with van der Waals surface area (Å²) in [5.41, 5.74) is 1.99. The summed E-state index contributed by atoms with van der Waals surface area (Å²) in [6, 6.07) is 14.2. The summed E-state index contributed by atoms with van der Waals surface area (Å²) < 4.78 is 5.34. The Labute approximate surface area is 147 Å². The van der Waals surface area contributed by atoms with E-state index in [1.165, 1.54) is 5.56 Å². The van der Waals surface area contributed by atoms with Gasteiger partial charge in [-0.2, -0.15) is 0 Å². The lowest BCUT2D eigenvalue weighted by molar-refractivity contribution is 0.111. The molecule has 1 aliphatic carbocycles. The second kappa shape index (κ2) is 6.41. The topological polar surface area (TPSA) is 65.8 Å². The molecule has 1 saturated heterocycles. The van der Waals surface area contributed by atoms with Crippen LogP contribution in [0.4, 0.5) is 0 Å². The molecule has 0 unspecified atom stereocenters. The Hall–Kier alpha value is -1.95. The lowest BCUT2D eigenvalue weighted by atomic mass is 9.95. The maximum absolute atomic E-state index is 10.8. The molecule has 1 aromatic carbocycles. The fraction of sp³-hybridized carbons (Fsp3) is 0.450. The normalized spacial score (nSPS) is 31.4. The molecule has 2 aromatic rings. The summed E-state index contributed by atoms with van der Waals surface area (Å²) in [6.07, 6.45) is 1.29. The molecule has 4 rings (SSSR count). The van der Waals surface area contributed by atoms with Gasteiger partial charge in [-0.05, 0) is 23.5 Å². The number of hydrogen-bond acceptors (Lipinski definition) is 5. The van der Waals surface area contributed by atoms with Crippen LogP contribution in [0.5, 0.6) is 5.88 Å². The molecule has 5 nitrogen and oxygen atoms in total. The third-order valence-electron chi connectivity index (χ3n) is 5.90. The first-order valence-electron chi connectivity index (χ1n) is 8.74. The second-order valence-electron chi connectivity index (χ2n) is 7.15. The van der Waals surface area contributed by atoms with Gasteiger partial charge in [0.25, 0.3) is 0 Å². The number of ether oxygens (including phenoxy) is 1. The van der Waals surface area contributed by atoms with E-state index in [1.54, 1.807) is 13.3 Å². The number of methoxy groups -OCH3 is 1. The number of aliphatic hydroxyl groups is 2. The smallest absolute Gasteiger partial charge is 0.217 e. The minimum atomic E-state index is -0.433. The number of rotatable bonds is 5. The number of pyridine rings is 1. The van der Waals surface area contributed by atoms with Crippen LogP contribution in [-0.2, 0) is 6.54 Å². The van der Waals surface area contributed by atoms with Gasteiger partial charge in [-0.3, -0.25) is 4.90 Å². The molecule has 2 aliphatic rings. The van der Waals surface area contributed by atoms with Crippen molar-refractivity contribution in [1.82, 2.24) is 9.88 Å². The molecule has 0 bridgehead atoms. The summed E-state index contributed by atoms with van der Waals surface area (Å²) in [6.45, 7) is 2.19. The minimum Gasteiger partial charge on any atom is -0.481 e. The Bertz CT molecular complexity index is 739. The molecule has 2 fully saturated rings. The first kappa shape index (κ1) is 16.5. The average Bonchev–Trinajstić information content (AvgIpc) is 3.19. The van der Waals surface area contributed by atoms with Gasteiger partial charge in [0.05, 0.1) is 13.2 Å². The van der Waals surface area contributed by atoms with Crippen LogP contribution >= 0.6 is 0 Å². The van der Waals surface area contributed by atoms with Crippen LogP contribution in [-0.4, -0.2) is 53.0 Å². The molecular formula is C20H24N2O3. The minimum absolute atomic E-state index is 0.112. The highest BCUT2D eigenvalue weighted by molar-refractivity contribution is 5.37. The van der Waals surface area contributed by atoms with E-state index in [2.05, 4.69) is 22.0 Å². The van der Waals surface area contributed by atoms with E-state index in [-0.39, 0.29) is 23.9 Å². The van der Waals surface area contributed by atoms with E-state index in [1.807, 2.05) is 30.3 Å². The highest BCUT2D eigenvalue weighted by atomic mass is 16.5. The standard InChI is InChI=1S/C20H24N2O3/c1-25-19-15(8-5-9-21-19)10-22-11-17(24)20(13-22)16(12-23)18(20)14-6-3-2-4-7-14/h2-9,16-18,23-24H,10-13H2,1H3/t16-,17+,18-,20-/m1/s1. The molecule has 4 atom stereocenters. The number of β-amino-alcohol motifs (C(OH)–C–C–N with tert-alkyl or cyclic N) is 1. The Morgan fingerprint density at radius 2 is 2.04 bits per heavy atom. The maximum Gasteiger partial charge on any atom is 0.217 e. The summed E-state index contributed by atoms with van der Waals surface area (Å²) in [5, 5.41) is 20.7. The summed E-state index contributed by atoms with van der Waals surface area (Å²) >= 11 is 0. The van der Waals surface area contributed by atoms with Gasteiger partial charge in [0.2, 0.25) is 5.88 Å². The highest BCUT2D eigenvalue weighted by Crippen LogP contribution is 2.68. The van der Waals surface area contributed by atoms with E-state index in [0.29, 0.717) is 19.0 Å². The number of likely N-dealkylation sites (tertiary alicyclic amines) is 1. The SMILES string of the molecule is COc1ncccc1CN1C[C@H](O)[C@@]2(C1)[C@H](CO)[C@H]2c1ccccc1. The molecule has 5 heteroatoms. The Morgan fingerprint density at radius 3 is 2.76 bits per heavy atom. The van der Waals surface area contributed by atoms with Crippen molar-refractivity contribution in [3.8, 4) is 5.88 Å². The summed E-state index contributed by atoms with van der Waals surface area (Å²) in [4.78, 5) is 6.50. The van der Waals surface area contributed by atoms with Gasteiger partial charge in [-0.25, -0.2) is 4.98 Å². The van der Waals surface area contributed by atoms with E-state index >= 15 is 0 Å². The molecule has 132 valence electrons. The van der Waals surface area contributed by atoms with Crippen molar-refractivity contribution in [1.29, 1.82) is 0 Å². The van der Waals surface area contributed by atoms with Gasteiger partial charge in [-0.1, -0.05) is 36.4 Å². The largest absolute Gasteiger partial charge is 0.481 e. The van der Waals surface area contributed by atoms with Gasteiger partial charge >= 0.3 is 0 Å². The van der Waals surface area contributed by atoms with Crippen LogP contribution in [0.3, 0.4) is 0 Å². The van der Waals surface area contributed by atoms with Crippen LogP contribution in [0.1, 0.15) is 17.0 Å².